The van der Waals surface area contributed by atoms with Crippen molar-refractivity contribution in [3.8, 4) is 0 Å². The number of nitrogens with zero attached hydrogens (tertiary/aromatic N) is 1. The molecule has 86 valence electrons. The average Bonchev–Trinajstić information content (AvgIpc) is 2.88. The van der Waals surface area contributed by atoms with Crippen molar-refractivity contribution < 1.29 is 9.53 Å². The van der Waals surface area contributed by atoms with Crippen molar-refractivity contribution in [2.75, 3.05) is 19.7 Å². The summed E-state index contributed by atoms with van der Waals surface area (Å²) in [7, 11) is 0. The monoisotopic (exact) mass is 212 g/mol. The van der Waals surface area contributed by atoms with Crippen molar-refractivity contribution >= 4 is 5.91 Å². The highest BCUT2D eigenvalue weighted by Crippen LogP contribution is 2.22. The first-order chi connectivity index (χ1) is 7.18. The van der Waals surface area contributed by atoms with E-state index in [1.807, 2.05) is 11.8 Å². The predicted octanol–water partition coefficient (Wildman–Crippen LogP) is 0.361. The van der Waals surface area contributed by atoms with E-state index >= 15 is 0 Å². The molecule has 4 heteroatoms. The Labute approximate surface area is 90.8 Å². The van der Waals surface area contributed by atoms with Gasteiger partial charge in [-0.15, -0.1) is 0 Å². The quantitative estimate of drug-likeness (QED) is 0.719. The van der Waals surface area contributed by atoms with Crippen molar-refractivity contribution in [2.45, 2.75) is 38.3 Å². The molecule has 15 heavy (non-hydrogen) atoms. The number of carbonyl (C=O) groups is 1. The number of hydrogen-bond donors (Lipinski definition) is 1. The van der Waals surface area contributed by atoms with E-state index in [9.17, 15) is 4.79 Å². The molecule has 0 spiro atoms. The maximum atomic E-state index is 12.0. The molecule has 2 rings (SSSR count). The number of nitrogens with two attached hydrogens (primary N) is 1. The highest BCUT2D eigenvalue weighted by atomic mass is 16.5. The minimum absolute atomic E-state index is 0.170. The Morgan fingerprint density at radius 2 is 2.33 bits per heavy atom. The second-order valence-corrected chi connectivity index (χ2v) is 4.69. The molecule has 3 atom stereocenters. The maximum absolute atomic E-state index is 12.0. The van der Waals surface area contributed by atoms with Gasteiger partial charge in [0, 0.05) is 25.7 Å². The molecule has 0 saturated carbocycles. The van der Waals surface area contributed by atoms with Crippen LogP contribution in [-0.2, 0) is 9.53 Å². The Balaban J connectivity index is 1.87. The number of amides is 1. The summed E-state index contributed by atoms with van der Waals surface area (Å²) < 4.78 is 5.40. The van der Waals surface area contributed by atoms with E-state index in [1.165, 1.54) is 0 Å². The zero-order valence-corrected chi connectivity index (χ0v) is 9.32. The van der Waals surface area contributed by atoms with Crippen LogP contribution < -0.4 is 5.73 Å². The number of carbonyl (C=O) groups excluding carboxylic acids is 1. The summed E-state index contributed by atoms with van der Waals surface area (Å²) in [5.74, 6) is 0.644. The van der Waals surface area contributed by atoms with Crippen molar-refractivity contribution in [3.63, 3.8) is 0 Å². The van der Waals surface area contributed by atoms with Crippen LogP contribution in [-0.4, -0.2) is 42.6 Å². The van der Waals surface area contributed by atoms with Gasteiger partial charge in [-0.25, -0.2) is 0 Å². The lowest BCUT2D eigenvalue weighted by molar-refractivity contribution is -0.139. The van der Waals surface area contributed by atoms with Gasteiger partial charge in [0.15, 0.2) is 0 Å². The van der Waals surface area contributed by atoms with E-state index in [2.05, 4.69) is 0 Å². The van der Waals surface area contributed by atoms with Crippen LogP contribution >= 0.6 is 0 Å². The Morgan fingerprint density at radius 1 is 1.53 bits per heavy atom. The summed E-state index contributed by atoms with van der Waals surface area (Å²) in [6.45, 7) is 4.42. The van der Waals surface area contributed by atoms with Gasteiger partial charge >= 0.3 is 0 Å². The highest BCUT2D eigenvalue weighted by molar-refractivity contribution is 5.81. The molecule has 0 radical (unpaired) electrons. The molecule has 0 aromatic heterocycles. The molecule has 3 unspecified atom stereocenters. The third-order valence-corrected chi connectivity index (χ3v) is 3.49. The smallest absolute Gasteiger partial charge is 0.251 e. The fraction of sp³-hybridized carbons (Fsp3) is 0.909. The molecule has 2 aliphatic heterocycles. The first kappa shape index (κ1) is 10.9. The van der Waals surface area contributed by atoms with Gasteiger partial charge in [-0.2, -0.15) is 0 Å². The molecule has 2 heterocycles. The summed E-state index contributed by atoms with van der Waals surface area (Å²) in [6.07, 6.45) is 2.77. The van der Waals surface area contributed by atoms with Gasteiger partial charge in [0.1, 0.15) is 6.10 Å². The average molecular weight is 212 g/mol. The maximum Gasteiger partial charge on any atom is 0.251 e. The van der Waals surface area contributed by atoms with Crippen LogP contribution in [0.1, 0.15) is 26.2 Å². The molecule has 1 amide bonds. The van der Waals surface area contributed by atoms with Crippen molar-refractivity contribution in [3.05, 3.63) is 0 Å². The zero-order chi connectivity index (χ0) is 10.8. The number of hydrogen-bond acceptors (Lipinski definition) is 3. The van der Waals surface area contributed by atoms with Crippen LogP contribution in [0.4, 0.5) is 0 Å². The molecule has 2 saturated heterocycles. The molecule has 0 aromatic rings. The standard InChI is InChI=1S/C11H20N2O2/c1-8(12)9-4-5-13(7-9)11(14)10-3-2-6-15-10/h8-10H,2-7,12H2,1H3. The van der Waals surface area contributed by atoms with Crippen LogP contribution in [0.5, 0.6) is 0 Å². The van der Waals surface area contributed by atoms with Crippen LogP contribution in [0.25, 0.3) is 0 Å². The Hall–Kier alpha value is -0.610. The Bertz CT molecular complexity index is 237. The summed E-state index contributed by atoms with van der Waals surface area (Å²) in [5, 5.41) is 0. The van der Waals surface area contributed by atoms with Crippen LogP contribution in [0, 0.1) is 5.92 Å². The Morgan fingerprint density at radius 3 is 2.87 bits per heavy atom. The molecule has 0 aliphatic carbocycles. The largest absolute Gasteiger partial charge is 0.368 e. The normalized spacial score (nSPS) is 33.3. The molecule has 0 aromatic carbocycles. The number of ether oxygens (including phenoxy) is 1. The molecule has 4 nitrogen and oxygen atoms in total. The second kappa shape index (κ2) is 4.49. The van der Waals surface area contributed by atoms with Crippen molar-refractivity contribution in [2.24, 2.45) is 11.7 Å². The summed E-state index contributed by atoms with van der Waals surface area (Å²) in [4.78, 5) is 13.9. The third kappa shape index (κ3) is 2.32. The SMILES string of the molecule is CC(N)C1CCN(C(=O)C2CCCO2)C1. The van der Waals surface area contributed by atoms with E-state index in [4.69, 9.17) is 10.5 Å². The number of rotatable bonds is 2. The first-order valence-electron chi connectivity index (χ1n) is 5.84. The molecular weight excluding hydrogens is 192 g/mol. The van der Waals surface area contributed by atoms with Crippen LogP contribution in [0.3, 0.4) is 0 Å². The molecule has 0 bridgehead atoms. The third-order valence-electron chi connectivity index (χ3n) is 3.49. The molecule has 2 fully saturated rings. The molecule has 2 aliphatic rings. The van der Waals surface area contributed by atoms with Gasteiger partial charge in [0.2, 0.25) is 0 Å². The second-order valence-electron chi connectivity index (χ2n) is 4.69. The van der Waals surface area contributed by atoms with Gasteiger partial charge in [-0.05, 0) is 32.1 Å². The fourth-order valence-electron chi connectivity index (χ4n) is 2.39. The van der Waals surface area contributed by atoms with Crippen molar-refractivity contribution in [1.29, 1.82) is 0 Å². The lowest BCUT2D eigenvalue weighted by Crippen LogP contribution is -2.38. The van der Waals surface area contributed by atoms with Crippen LogP contribution in [0.15, 0.2) is 0 Å². The van der Waals surface area contributed by atoms with Gasteiger partial charge in [0.25, 0.3) is 5.91 Å². The predicted molar refractivity (Wildman–Crippen MR) is 57.3 cm³/mol. The zero-order valence-electron chi connectivity index (χ0n) is 9.32. The summed E-state index contributed by atoms with van der Waals surface area (Å²) in [6, 6.07) is 0.187. The molecule has 2 N–H and O–H groups in total. The topological polar surface area (TPSA) is 55.6 Å². The van der Waals surface area contributed by atoms with Gasteiger partial charge in [-0.1, -0.05) is 0 Å². The summed E-state index contributed by atoms with van der Waals surface area (Å²) in [5.41, 5.74) is 5.84. The first-order valence-corrected chi connectivity index (χ1v) is 5.84. The lowest BCUT2D eigenvalue weighted by Gasteiger charge is -2.21. The molecular formula is C11H20N2O2. The van der Waals surface area contributed by atoms with Gasteiger partial charge in [0.05, 0.1) is 0 Å². The van der Waals surface area contributed by atoms with Crippen LogP contribution in [0.2, 0.25) is 0 Å². The number of likely N-dealkylation sites (tertiary alicyclic amines) is 1. The minimum Gasteiger partial charge on any atom is -0.368 e. The fourth-order valence-corrected chi connectivity index (χ4v) is 2.39. The van der Waals surface area contributed by atoms with E-state index < -0.39 is 0 Å². The van der Waals surface area contributed by atoms with Gasteiger partial charge < -0.3 is 15.4 Å². The highest BCUT2D eigenvalue weighted by Gasteiger charge is 2.33. The minimum atomic E-state index is -0.170. The van der Waals surface area contributed by atoms with Gasteiger partial charge in [-0.3, -0.25) is 4.79 Å². The van der Waals surface area contributed by atoms with E-state index in [1.54, 1.807) is 0 Å². The van der Waals surface area contributed by atoms with E-state index in [0.29, 0.717) is 5.92 Å². The van der Waals surface area contributed by atoms with E-state index in [0.717, 1.165) is 39.0 Å². The summed E-state index contributed by atoms with van der Waals surface area (Å²) >= 11 is 0. The Kier molecular flexibility index (Phi) is 3.26. The van der Waals surface area contributed by atoms with E-state index in [-0.39, 0.29) is 18.1 Å². The lowest BCUT2D eigenvalue weighted by atomic mass is 10.0. The van der Waals surface area contributed by atoms with Crippen molar-refractivity contribution in [1.82, 2.24) is 4.90 Å².